The Morgan fingerprint density at radius 1 is 1.69 bits per heavy atom. The molecular weight excluding hydrogens is 295 g/mol. The SMILES string of the molecule is CN(C(=O)c1coc(Br)c1)C1CCNC1.Cl. The maximum atomic E-state index is 12.0. The van der Waals surface area contributed by atoms with E-state index in [-0.39, 0.29) is 18.3 Å². The topological polar surface area (TPSA) is 45.5 Å². The van der Waals surface area contributed by atoms with Crippen LogP contribution >= 0.6 is 28.3 Å². The molecule has 0 bridgehead atoms. The molecule has 2 rings (SSSR count). The van der Waals surface area contributed by atoms with Crippen molar-refractivity contribution in [3.05, 3.63) is 22.6 Å². The van der Waals surface area contributed by atoms with Crippen LogP contribution in [0.3, 0.4) is 0 Å². The molecule has 2 heterocycles. The van der Waals surface area contributed by atoms with Crippen molar-refractivity contribution >= 4 is 34.2 Å². The lowest BCUT2D eigenvalue weighted by molar-refractivity contribution is 0.0743. The molecule has 1 aliphatic heterocycles. The van der Waals surface area contributed by atoms with Crippen molar-refractivity contribution < 1.29 is 9.21 Å². The number of hydrogen-bond acceptors (Lipinski definition) is 3. The van der Waals surface area contributed by atoms with Crippen LogP contribution in [0.15, 0.2) is 21.4 Å². The highest BCUT2D eigenvalue weighted by molar-refractivity contribution is 9.10. The van der Waals surface area contributed by atoms with Gasteiger partial charge < -0.3 is 14.6 Å². The van der Waals surface area contributed by atoms with Gasteiger partial charge in [0, 0.05) is 25.7 Å². The minimum absolute atomic E-state index is 0. The number of hydrogen-bond donors (Lipinski definition) is 1. The molecule has 0 saturated carbocycles. The number of carbonyl (C=O) groups excluding carboxylic acids is 1. The highest BCUT2D eigenvalue weighted by Crippen LogP contribution is 2.17. The standard InChI is InChI=1S/C10H13BrN2O2.ClH/c1-13(8-2-3-12-5-8)10(14)7-4-9(11)15-6-7;/h4,6,8,12H,2-3,5H2,1H3;1H. The van der Waals surface area contributed by atoms with Gasteiger partial charge in [0.1, 0.15) is 6.26 Å². The van der Waals surface area contributed by atoms with Crippen molar-refractivity contribution in [3.63, 3.8) is 0 Å². The zero-order chi connectivity index (χ0) is 10.8. The highest BCUT2D eigenvalue weighted by atomic mass is 79.9. The monoisotopic (exact) mass is 308 g/mol. The second-order valence-electron chi connectivity index (χ2n) is 3.70. The zero-order valence-electron chi connectivity index (χ0n) is 8.90. The molecule has 1 N–H and O–H groups in total. The second-order valence-corrected chi connectivity index (χ2v) is 4.48. The molecule has 6 heteroatoms. The van der Waals surface area contributed by atoms with Gasteiger partial charge in [0.2, 0.25) is 0 Å². The molecular formula is C10H14BrClN2O2. The van der Waals surface area contributed by atoms with Crippen molar-refractivity contribution in [2.24, 2.45) is 0 Å². The number of nitrogens with zero attached hydrogens (tertiary/aromatic N) is 1. The number of rotatable bonds is 2. The lowest BCUT2D eigenvalue weighted by Crippen LogP contribution is -2.38. The molecule has 0 aliphatic carbocycles. The summed E-state index contributed by atoms with van der Waals surface area (Å²) in [5.41, 5.74) is 0.594. The normalized spacial score (nSPS) is 19.2. The predicted molar refractivity (Wildman–Crippen MR) is 67.0 cm³/mol. The fourth-order valence-electron chi connectivity index (χ4n) is 1.76. The quantitative estimate of drug-likeness (QED) is 0.907. The summed E-state index contributed by atoms with van der Waals surface area (Å²) in [5.74, 6) is 0.0122. The van der Waals surface area contributed by atoms with Crippen LogP contribution in [0.25, 0.3) is 0 Å². The van der Waals surface area contributed by atoms with Crippen molar-refractivity contribution in [3.8, 4) is 0 Å². The van der Waals surface area contributed by atoms with Crippen molar-refractivity contribution in [2.45, 2.75) is 12.5 Å². The first-order valence-corrected chi connectivity index (χ1v) is 5.69. The van der Waals surface area contributed by atoms with E-state index in [1.807, 2.05) is 7.05 Å². The molecule has 1 amide bonds. The smallest absolute Gasteiger partial charge is 0.257 e. The zero-order valence-corrected chi connectivity index (χ0v) is 11.3. The van der Waals surface area contributed by atoms with E-state index < -0.39 is 0 Å². The third-order valence-electron chi connectivity index (χ3n) is 2.72. The van der Waals surface area contributed by atoms with Gasteiger partial charge in [0.05, 0.1) is 5.56 Å². The summed E-state index contributed by atoms with van der Waals surface area (Å²) in [7, 11) is 1.83. The Morgan fingerprint density at radius 3 is 2.94 bits per heavy atom. The Hall–Kier alpha value is -0.520. The molecule has 16 heavy (non-hydrogen) atoms. The fraction of sp³-hybridized carbons (Fsp3) is 0.500. The van der Waals surface area contributed by atoms with Gasteiger partial charge in [-0.15, -0.1) is 12.4 Å². The van der Waals surface area contributed by atoms with Crippen LogP contribution in [-0.2, 0) is 0 Å². The number of halogens is 2. The van der Waals surface area contributed by atoms with Gasteiger partial charge in [-0.3, -0.25) is 4.79 Å². The lowest BCUT2D eigenvalue weighted by Gasteiger charge is -2.22. The average Bonchev–Trinajstić information content (AvgIpc) is 2.85. The molecule has 1 aromatic rings. The number of nitrogens with one attached hydrogen (secondary N) is 1. The molecule has 1 fully saturated rings. The Bertz CT molecular complexity index is 363. The van der Waals surface area contributed by atoms with E-state index >= 15 is 0 Å². The summed E-state index contributed by atoms with van der Waals surface area (Å²) in [4.78, 5) is 13.7. The summed E-state index contributed by atoms with van der Waals surface area (Å²) in [6, 6.07) is 1.99. The number of carbonyl (C=O) groups is 1. The second kappa shape index (κ2) is 5.70. The van der Waals surface area contributed by atoms with E-state index in [2.05, 4.69) is 21.2 Å². The first kappa shape index (κ1) is 13.5. The molecule has 0 radical (unpaired) electrons. The largest absolute Gasteiger partial charge is 0.457 e. The molecule has 1 aliphatic rings. The van der Waals surface area contributed by atoms with Crippen LogP contribution in [-0.4, -0.2) is 37.0 Å². The number of furan rings is 1. The third-order valence-corrected chi connectivity index (χ3v) is 3.13. The van der Waals surface area contributed by atoms with Gasteiger partial charge in [0.25, 0.3) is 5.91 Å². The fourth-order valence-corrected chi connectivity index (χ4v) is 2.10. The van der Waals surface area contributed by atoms with Crippen LogP contribution in [0.4, 0.5) is 0 Å². The Balaban J connectivity index is 0.00000128. The molecule has 90 valence electrons. The van der Waals surface area contributed by atoms with Gasteiger partial charge in [-0.25, -0.2) is 0 Å². The Labute approximate surface area is 109 Å². The summed E-state index contributed by atoms with van der Waals surface area (Å²) < 4.78 is 5.64. The molecule has 1 aromatic heterocycles. The van der Waals surface area contributed by atoms with Gasteiger partial charge in [-0.05, 0) is 28.9 Å². The lowest BCUT2D eigenvalue weighted by atomic mass is 10.2. The minimum Gasteiger partial charge on any atom is -0.457 e. The van der Waals surface area contributed by atoms with Gasteiger partial charge in [-0.2, -0.15) is 0 Å². The van der Waals surface area contributed by atoms with Gasteiger partial charge >= 0.3 is 0 Å². The maximum Gasteiger partial charge on any atom is 0.257 e. The van der Waals surface area contributed by atoms with Crippen LogP contribution in [0.5, 0.6) is 0 Å². The first-order valence-electron chi connectivity index (χ1n) is 4.90. The average molecular weight is 310 g/mol. The molecule has 4 nitrogen and oxygen atoms in total. The Kier molecular flexibility index (Phi) is 4.83. The molecule has 1 unspecified atom stereocenters. The van der Waals surface area contributed by atoms with Crippen LogP contribution in [0.2, 0.25) is 0 Å². The molecule has 0 aromatic carbocycles. The van der Waals surface area contributed by atoms with E-state index in [9.17, 15) is 4.79 Å². The van der Waals surface area contributed by atoms with Crippen molar-refractivity contribution in [1.29, 1.82) is 0 Å². The van der Waals surface area contributed by atoms with Gasteiger partial charge in [0.15, 0.2) is 4.67 Å². The van der Waals surface area contributed by atoms with Crippen molar-refractivity contribution in [2.75, 3.05) is 20.1 Å². The van der Waals surface area contributed by atoms with E-state index in [1.54, 1.807) is 11.0 Å². The van der Waals surface area contributed by atoms with Crippen LogP contribution in [0, 0.1) is 0 Å². The maximum absolute atomic E-state index is 12.0. The van der Waals surface area contributed by atoms with Crippen LogP contribution < -0.4 is 5.32 Å². The Morgan fingerprint density at radius 2 is 2.44 bits per heavy atom. The van der Waals surface area contributed by atoms with E-state index in [4.69, 9.17) is 4.42 Å². The number of amides is 1. The molecule has 1 atom stereocenters. The van der Waals surface area contributed by atoms with E-state index in [0.29, 0.717) is 16.3 Å². The van der Waals surface area contributed by atoms with Gasteiger partial charge in [-0.1, -0.05) is 0 Å². The third kappa shape index (κ3) is 2.78. The van der Waals surface area contributed by atoms with Crippen LogP contribution in [0.1, 0.15) is 16.8 Å². The molecule has 1 saturated heterocycles. The predicted octanol–water partition coefficient (Wildman–Crippen LogP) is 1.90. The van der Waals surface area contributed by atoms with Crippen molar-refractivity contribution in [1.82, 2.24) is 10.2 Å². The first-order chi connectivity index (χ1) is 7.18. The number of likely N-dealkylation sites (N-methyl/N-ethyl adjacent to an activating group) is 1. The van der Waals surface area contributed by atoms with E-state index in [1.165, 1.54) is 6.26 Å². The summed E-state index contributed by atoms with van der Waals surface area (Å²) in [6.07, 6.45) is 2.49. The summed E-state index contributed by atoms with van der Waals surface area (Å²) in [5, 5.41) is 3.24. The van der Waals surface area contributed by atoms with E-state index in [0.717, 1.165) is 19.5 Å². The summed E-state index contributed by atoms with van der Waals surface area (Å²) in [6.45, 7) is 1.86. The highest BCUT2D eigenvalue weighted by Gasteiger charge is 2.24. The summed E-state index contributed by atoms with van der Waals surface area (Å²) >= 11 is 3.18. The molecule has 0 spiro atoms. The minimum atomic E-state index is 0.